The molecule has 1 unspecified atom stereocenters. The van der Waals surface area contributed by atoms with Gasteiger partial charge in [-0.2, -0.15) is 5.26 Å². The van der Waals surface area contributed by atoms with Gasteiger partial charge in [-0.3, -0.25) is 4.90 Å². The van der Waals surface area contributed by atoms with Crippen LogP contribution in [0.5, 0.6) is 5.75 Å². The first-order valence-corrected chi connectivity index (χ1v) is 9.39. The highest BCUT2D eigenvalue weighted by molar-refractivity contribution is 5.56. The highest BCUT2D eigenvalue weighted by atomic mass is 19.1. The molecule has 0 radical (unpaired) electrons. The second-order valence-corrected chi connectivity index (χ2v) is 7.13. The molecule has 6 heteroatoms. The summed E-state index contributed by atoms with van der Waals surface area (Å²) >= 11 is 0. The second-order valence-electron chi connectivity index (χ2n) is 7.13. The number of ether oxygens (including phenoxy) is 1. The molecule has 0 amide bonds. The molecular formula is C22H28FN3O2. The van der Waals surface area contributed by atoms with E-state index in [0.717, 1.165) is 25.1 Å². The maximum absolute atomic E-state index is 13.9. The van der Waals surface area contributed by atoms with E-state index in [0.29, 0.717) is 12.1 Å². The predicted molar refractivity (Wildman–Crippen MR) is 109 cm³/mol. The summed E-state index contributed by atoms with van der Waals surface area (Å²) in [5.74, 6) is 0.159. The standard InChI is InChI=1S/C22H28FN3O2/c1-15(2)26(10-4-5-16-6-8-19(28-3)9-7-16)14-21(27)17-11-18(13-24)22(25)20(23)12-17/h6-9,11-12,15,21,27H,4-5,10,14,25H2,1-3H3. The van der Waals surface area contributed by atoms with E-state index in [1.807, 2.05) is 30.3 Å². The molecule has 1 atom stereocenters. The number of nitrogen functional groups attached to an aromatic ring is 1. The van der Waals surface area contributed by atoms with Crippen molar-refractivity contribution >= 4 is 5.69 Å². The summed E-state index contributed by atoms with van der Waals surface area (Å²) in [5.41, 5.74) is 7.01. The van der Waals surface area contributed by atoms with E-state index in [4.69, 9.17) is 15.7 Å². The number of aliphatic hydroxyl groups excluding tert-OH is 1. The minimum atomic E-state index is -0.898. The van der Waals surface area contributed by atoms with Crippen LogP contribution in [0.15, 0.2) is 36.4 Å². The summed E-state index contributed by atoms with van der Waals surface area (Å²) < 4.78 is 19.1. The Bertz CT molecular complexity index is 816. The molecule has 2 aromatic carbocycles. The minimum Gasteiger partial charge on any atom is -0.497 e. The second kappa shape index (κ2) is 10.1. The van der Waals surface area contributed by atoms with Gasteiger partial charge in [0.1, 0.15) is 17.6 Å². The van der Waals surface area contributed by atoms with Crippen molar-refractivity contribution in [2.45, 2.75) is 38.8 Å². The number of nitrogens with zero attached hydrogens (tertiary/aromatic N) is 2. The third-order valence-corrected chi connectivity index (χ3v) is 4.86. The van der Waals surface area contributed by atoms with E-state index in [-0.39, 0.29) is 17.3 Å². The number of nitriles is 1. The molecular weight excluding hydrogens is 357 g/mol. The van der Waals surface area contributed by atoms with Crippen molar-refractivity contribution in [3.8, 4) is 11.8 Å². The molecule has 3 N–H and O–H groups in total. The number of hydrogen-bond donors (Lipinski definition) is 2. The first-order valence-electron chi connectivity index (χ1n) is 9.39. The Morgan fingerprint density at radius 1 is 1.25 bits per heavy atom. The number of nitrogens with two attached hydrogens (primary N) is 1. The molecule has 0 spiro atoms. The van der Waals surface area contributed by atoms with Crippen LogP contribution < -0.4 is 10.5 Å². The summed E-state index contributed by atoms with van der Waals surface area (Å²) in [4.78, 5) is 2.15. The molecule has 0 saturated carbocycles. The number of rotatable bonds is 9. The number of halogens is 1. The lowest BCUT2D eigenvalue weighted by Gasteiger charge is -2.29. The molecule has 2 rings (SSSR count). The van der Waals surface area contributed by atoms with Gasteiger partial charge in [-0.15, -0.1) is 0 Å². The lowest BCUT2D eigenvalue weighted by atomic mass is 10.0. The van der Waals surface area contributed by atoms with Crippen LogP contribution >= 0.6 is 0 Å². The zero-order chi connectivity index (χ0) is 20.7. The summed E-state index contributed by atoms with van der Waals surface area (Å²) in [6.45, 7) is 5.27. The van der Waals surface area contributed by atoms with Crippen molar-refractivity contribution in [2.24, 2.45) is 0 Å². The van der Waals surface area contributed by atoms with Gasteiger partial charge in [-0.1, -0.05) is 12.1 Å². The van der Waals surface area contributed by atoms with E-state index in [2.05, 4.69) is 18.7 Å². The van der Waals surface area contributed by atoms with Crippen LogP contribution in [0.2, 0.25) is 0 Å². The lowest BCUT2D eigenvalue weighted by molar-refractivity contribution is 0.0945. The number of methoxy groups -OCH3 is 1. The average Bonchev–Trinajstić information content (AvgIpc) is 2.69. The highest BCUT2D eigenvalue weighted by Crippen LogP contribution is 2.24. The highest BCUT2D eigenvalue weighted by Gasteiger charge is 2.18. The zero-order valence-electron chi connectivity index (χ0n) is 16.7. The van der Waals surface area contributed by atoms with Crippen molar-refractivity contribution in [1.29, 1.82) is 5.26 Å². The van der Waals surface area contributed by atoms with Crippen LogP contribution in [0.3, 0.4) is 0 Å². The minimum absolute atomic E-state index is 0.0460. The van der Waals surface area contributed by atoms with Gasteiger partial charge in [-0.05, 0) is 68.6 Å². The van der Waals surface area contributed by atoms with Gasteiger partial charge in [0.25, 0.3) is 0 Å². The number of anilines is 1. The van der Waals surface area contributed by atoms with Crippen molar-refractivity contribution < 1.29 is 14.2 Å². The smallest absolute Gasteiger partial charge is 0.147 e. The molecule has 0 saturated heterocycles. The first kappa shape index (κ1) is 21.7. The Morgan fingerprint density at radius 2 is 1.93 bits per heavy atom. The average molecular weight is 385 g/mol. The Morgan fingerprint density at radius 3 is 2.50 bits per heavy atom. The maximum Gasteiger partial charge on any atom is 0.147 e. The number of aliphatic hydroxyl groups is 1. The van der Waals surface area contributed by atoms with Crippen LogP contribution in [0.25, 0.3) is 0 Å². The third kappa shape index (κ3) is 5.69. The SMILES string of the molecule is COc1ccc(CCCN(CC(O)c2cc(F)c(N)c(C#N)c2)C(C)C)cc1. The molecule has 0 fully saturated rings. The van der Waals surface area contributed by atoms with Crippen molar-refractivity contribution in [3.63, 3.8) is 0 Å². The van der Waals surface area contributed by atoms with Gasteiger partial charge in [0.15, 0.2) is 0 Å². The van der Waals surface area contributed by atoms with Crippen LogP contribution in [-0.2, 0) is 6.42 Å². The van der Waals surface area contributed by atoms with Crippen LogP contribution in [0.1, 0.15) is 43.1 Å². The molecule has 0 bridgehead atoms. The van der Waals surface area contributed by atoms with Gasteiger partial charge in [0.05, 0.1) is 24.5 Å². The van der Waals surface area contributed by atoms with Crippen molar-refractivity contribution in [2.75, 3.05) is 25.9 Å². The number of aryl methyl sites for hydroxylation is 1. The normalized spacial score (nSPS) is 12.2. The summed E-state index contributed by atoms with van der Waals surface area (Å²) in [6, 6.07) is 12.7. The largest absolute Gasteiger partial charge is 0.497 e. The molecule has 28 heavy (non-hydrogen) atoms. The van der Waals surface area contributed by atoms with Gasteiger partial charge in [0, 0.05) is 12.6 Å². The molecule has 0 aliphatic rings. The summed E-state index contributed by atoms with van der Waals surface area (Å²) in [7, 11) is 1.65. The molecule has 0 aliphatic heterocycles. The molecule has 5 nitrogen and oxygen atoms in total. The molecule has 0 aromatic heterocycles. The van der Waals surface area contributed by atoms with E-state index in [1.54, 1.807) is 7.11 Å². The Labute approximate surface area is 166 Å². The fourth-order valence-electron chi connectivity index (χ4n) is 3.09. The van der Waals surface area contributed by atoms with Gasteiger partial charge < -0.3 is 15.6 Å². The van der Waals surface area contributed by atoms with E-state index in [9.17, 15) is 9.50 Å². The maximum atomic E-state index is 13.9. The monoisotopic (exact) mass is 385 g/mol. The summed E-state index contributed by atoms with van der Waals surface area (Å²) in [5, 5.41) is 19.7. The Hall–Kier alpha value is -2.62. The topological polar surface area (TPSA) is 82.5 Å². The van der Waals surface area contributed by atoms with Gasteiger partial charge >= 0.3 is 0 Å². The van der Waals surface area contributed by atoms with E-state index < -0.39 is 11.9 Å². The Kier molecular flexibility index (Phi) is 7.80. The zero-order valence-corrected chi connectivity index (χ0v) is 16.7. The van der Waals surface area contributed by atoms with Crippen LogP contribution in [0.4, 0.5) is 10.1 Å². The van der Waals surface area contributed by atoms with Gasteiger partial charge in [-0.25, -0.2) is 4.39 Å². The molecule has 0 aliphatic carbocycles. The van der Waals surface area contributed by atoms with Crippen LogP contribution in [-0.4, -0.2) is 36.2 Å². The number of benzene rings is 2. The lowest BCUT2D eigenvalue weighted by Crippen LogP contribution is -2.35. The number of hydrogen-bond acceptors (Lipinski definition) is 5. The van der Waals surface area contributed by atoms with Crippen molar-refractivity contribution in [3.05, 3.63) is 58.9 Å². The summed E-state index contributed by atoms with van der Waals surface area (Å²) in [6.07, 6.45) is 0.945. The fraction of sp³-hybridized carbons (Fsp3) is 0.409. The fourth-order valence-corrected chi connectivity index (χ4v) is 3.09. The molecule has 2 aromatic rings. The van der Waals surface area contributed by atoms with E-state index in [1.165, 1.54) is 17.7 Å². The van der Waals surface area contributed by atoms with Gasteiger partial charge in [0.2, 0.25) is 0 Å². The molecule has 0 heterocycles. The predicted octanol–water partition coefficient (Wildman–Crippen LogP) is 3.66. The molecule has 150 valence electrons. The third-order valence-electron chi connectivity index (χ3n) is 4.86. The first-order chi connectivity index (χ1) is 13.3. The van der Waals surface area contributed by atoms with Crippen LogP contribution in [0, 0.1) is 17.1 Å². The van der Waals surface area contributed by atoms with E-state index >= 15 is 0 Å². The van der Waals surface area contributed by atoms with Crippen molar-refractivity contribution in [1.82, 2.24) is 4.90 Å². The Balaban J connectivity index is 1.98. The quantitative estimate of drug-likeness (QED) is 0.644.